The number of benzene rings is 2. The molecule has 4 nitrogen and oxygen atoms in total. The van der Waals surface area contributed by atoms with E-state index in [0.29, 0.717) is 5.02 Å². The molecule has 1 aliphatic heterocycles. The molecule has 0 radical (unpaired) electrons. The maximum Gasteiger partial charge on any atom is 0.203 e. The summed E-state index contributed by atoms with van der Waals surface area (Å²) >= 11 is 10.2. The van der Waals surface area contributed by atoms with Gasteiger partial charge in [-0.3, -0.25) is 0 Å². The lowest BCUT2D eigenvalue weighted by molar-refractivity contribution is 0.283. The number of fused-ring (bicyclic) bond motifs is 3. The summed E-state index contributed by atoms with van der Waals surface area (Å²) in [4.78, 5) is 4.69. The molecule has 0 aliphatic carbocycles. The van der Waals surface area contributed by atoms with Crippen LogP contribution in [0.3, 0.4) is 0 Å². The van der Waals surface area contributed by atoms with Crippen molar-refractivity contribution in [3.8, 4) is 11.1 Å². The molecule has 1 aromatic heterocycles. The van der Waals surface area contributed by atoms with Crippen molar-refractivity contribution < 1.29 is 5.11 Å². The summed E-state index contributed by atoms with van der Waals surface area (Å²) in [5, 5.41) is 13.9. The maximum atomic E-state index is 9.92. The SMILES string of the molecule is Cc1cc(Br)ccc1-c1cc(CO)c2c(nc3n2CCCN3)c1Cl. The Morgan fingerprint density at radius 2 is 2.17 bits per heavy atom. The van der Waals surface area contributed by atoms with Crippen molar-refractivity contribution in [1.29, 1.82) is 0 Å². The zero-order valence-electron chi connectivity index (χ0n) is 13.2. The molecule has 2 aromatic carbocycles. The molecule has 124 valence electrons. The largest absolute Gasteiger partial charge is 0.392 e. The average Bonchev–Trinajstić information content (AvgIpc) is 2.96. The number of aryl methyl sites for hydroxylation is 2. The Morgan fingerprint density at radius 3 is 2.92 bits per heavy atom. The van der Waals surface area contributed by atoms with E-state index in [2.05, 4.69) is 38.8 Å². The highest BCUT2D eigenvalue weighted by Crippen LogP contribution is 2.40. The molecule has 0 saturated heterocycles. The summed E-state index contributed by atoms with van der Waals surface area (Å²) in [6, 6.07) is 8.10. The van der Waals surface area contributed by atoms with Crippen LogP contribution in [0.1, 0.15) is 17.5 Å². The zero-order chi connectivity index (χ0) is 16.8. The van der Waals surface area contributed by atoms with Gasteiger partial charge < -0.3 is 15.0 Å². The molecule has 4 rings (SSSR count). The van der Waals surface area contributed by atoms with E-state index in [0.717, 1.165) is 63.2 Å². The van der Waals surface area contributed by atoms with Crippen LogP contribution in [-0.2, 0) is 13.2 Å². The van der Waals surface area contributed by atoms with Crippen LogP contribution in [0.25, 0.3) is 22.2 Å². The van der Waals surface area contributed by atoms with Gasteiger partial charge in [-0.25, -0.2) is 4.98 Å². The number of aliphatic hydroxyl groups excluding tert-OH is 1. The first-order chi connectivity index (χ1) is 11.6. The van der Waals surface area contributed by atoms with Crippen molar-refractivity contribution in [2.75, 3.05) is 11.9 Å². The second kappa shape index (κ2) is 6.06. The van der Waals surface area contributed by atoms with Crippen LogP contribution >= 0.6 is 27.5 Å². The van der Waals surface area contributed by atoms with Crippen molar-refractivity contribution in [3.05, 3.63) is 44.9 Å². The quantitative estimate of drug-likeness (QED) is 0.646. The van der Waals surface area contributed by atoms with Gasteiger partial charge in [-0.15, -0.1) is 0 Å². The van der Waals surface area contributed by atoms with E-state index in [4.69, 9.17) is 16.6 Å². The van der Waals surface area contributed by atoms with Crippen molar-refractivity contribution >= 4 is 44.5 Å². The molecule has 0 bridgehead atoms. The van der Waals surface area contributed by atoms with Crippen LogP contribution in [0.5, 0.6) is 0 Å². The van der Waals surface area contributed by atoms with Crippen molar-refractivity contribution in [2.24, 2.45) is 0 Å². The Morgan fingerprint density at radius 1 is 1.33 bits per heavy atom. The van der Waals surface area contributed by atoms with Crippen LogP contribution in [0, 0.1) is 6.92 Å². The first kappa shape index (κ1) is 15.9. The lowest BCUT2D eigenvalue weighted by Gasteiger charge is -2.17. The van der Waals surface area contributed by atoms with Gasteiger partial charge >= 0.3 is 0 Å². The van der Waals surface area contributed by atoms with Gasteiger partial charge in [0.2, 0.25) is 5.95 Å². The molecular formula is C18H17BrClN3O. The number of hydrogen-bond acceptors (Lipinski definition) is 3. The average molecular weight is 407 g/mol. The monoisotopic (exact) mass is 405 g/mol. The van der Waals surface area contributed by atoms with E-state index in [9.17, 15) is 5.11 Å². The minimum atomic E-state index is -0.0403. The van der Waals surface area contributed by atoms with Gasteiger partial charge in [-0.1, -0.05) is 33.6 Å². The molecule has 1 aliphatic rings. The maximum absolute atomic E-state index is 9.92. The number of aromatic nitrogens is 2. The molecule has 2 N–H and O–H groups in total. The molecule has 0 atom stereocenters. The second-order valence-electron chi connectivity index (χ2n) is 6.08. The van der Waals surface area contributed by atoms with E-state index in [-0.39, 0.29) is 6.61 Å². The zero-order valence-corrected chi connectivity index (χ0v) is 15.6. The number of imidazole rings is 1. The first-order valence-electron chi connectivity index (χ1n) is 7.93. The second-order valence-corrected chi connectivity index (χ2v) is 7.37. The summed E-state index contributed by atoms with van der Waals surface area (Å²) in [6.45, 7) is 3.81. The minimum Gasteiger partial charge on any atom is -0.392 e. The summed E-state index contributed by atoms with van der Waals surface area (Å²) in [7, 11) is 0. The Labute approximate surface area is 153 Å². The van der Waals surface area contributed by atoms with Crippen LogP contribution in [0.15, 0.2) is 28.7 Å². The predicted octanol–water partition coefficient (Wildman–Crippen LogP) is 4.74. The van der Waals surface area contributed by atoms with E-state index in [1.54, 1.807) is 0 Å². The molecular weight excluding hydrogens is 390 g/mol. The van der Waals surface area contributed by atoms with Gasteiger partial charge in [-0.2, -0.15) is 0 Å². The fraction of sp³-hybridized carbons (Fsp3) is 0.278. The van der Waals surface area contributed by atoms with E-state index >= 15 is 0 Å². The predicted molar refractivity (Wildman–Crippen MR) is 102 cm³/mol. The lowest BCUT2D eigenvalue weighted by atomic mass is 9.98. The summed E-state index contributed by atoms with van der Waals surface area (Å²) in [5.41, 5.74) is 5.63. The van der Waals surface area contributed by atoms with Gasteiger partial charge in [0.05, 0.1) is 17.1 Å². The fourth-order valence-electron chi connectivity index (χ4n) is 3.40. The van der Waals surface area contributed by atoms with Gasteiger partial charge in [0, 0.05) is 28.7 Å². The number of nitrogens with one attached hydrogen (secondary N) is 1. The molecule has 0 amide bonds. The highest BCUT2D eigenvalue weighted by molar-refractivity contribution is 9.10. The summed E-state index contributed by atoms with van der Waals surface area (Å²) in [6.07, 6.45) is 1.04. The van der Waals surface area contributed by atoms with Crippen LogP contribution in [0.4, 0.5) is 5.95 Å². The van der Waals surface area contributed by atoms with E-state index in [1.165, 1.54) is 0 Å². The molecule has 0 fully saturated rings. The third kappa shape index (κ3) is 2.42. The summed E-state index contributed by atoms with van der Waals surface area (Å²) in [5.74, 6) is 0.831. The Hall–Kier alpha value is -1.56. The molecule has 2 heterocycles. The number of aliphatic hydroxyl groups is 1. The number of nitrogens with zero attached hydrogens (tertiary/aromatic N) is 2. The minimum absolute atomic E-state index is 0.0403. The van der Waals surface area contributed by atoms with Crippen LogP contribution in [-0.4, -0.2) is 21.2 Å². The Kier molecular flexibility index (Phi) is 4.03. The number of halogens is 2. The van der Waals surface area contributed by atoms with Crippen LogP contribution < -0.4 is 5.32 Å². The number of rotatable bonds is 2. The lowest BCUT2D eigenvalue weighted by Crippen LogP contribution is -2.17. The molecule has 0 unspecified atom stereocenters. The van der Waals surface area contributed by atoms with Gasteiger partial charge in [0.25, 0.3) is 0 Å². The highest BCUT2D eigenvalue weighted by atomic mass is 79.9. The number of anilines is 1. The van der Waals surface area contributed by atoms with E-state index < -0.39 is 0 Å². The molecule has 0 saturated carbocycles. The number of hydrogen-bond donors (Lipinski definition) is 2. The van der Waals surface area contributed by atoms with Gasteiger partial charge in [-0.05, 0) is 42.7 Å². The Balaban J connectivity index is 2.03. The molecule has 0 spiro atoms. The highest BCUT2D eigenvalue weighted by Gasteiger charge is 2.22. The van der Waals surface area contributed by atoms with Gasteiger partial charge in [0.1, 0.15) is 5.52 Å². The summed E-state index contributed by atoms with van der Waals surface area (Å²) < 4.78 is 3.15. The normalized spacial score (nSPS) is 13.8. The van der Waals surface area contributed by atoms with Crippen LogP contribution in [0.2, 0.25) is 5.02 Å². The third-order valence-electron chi connectivity index (χ3n) is 4.53. The van der Waals surface area contributed by atoms with Gasteiger partial charge in [0.15, 0.2) is 0 Å². The smallest absolute Gasteiger partial charge is 0.203 e. The van der Waals surface area contributed by atoms with Crippen molar-refractivity contribution in [1.82, 2.24) is 9.55 Å². The third-order valence-corrected chi connectivity index (χ3v) is 5.40. The first-order valence-corrected chi connectivity index (χ1v) is 9.10. The fourth-order valence-corrected chi connectivity index (χ4v) is 4.16. The van der Waals surface area contributed by atoms with Crippen molar-refractivity contribution in [2.45, 2.75) is 26.5 Å². The van der Waals surface area contributed by atoms with Crippen molar-refractivity contribution in [3.63, 3.8) is 0 Å². The van der Waals surface area contributed by atoms with E-state index in [1.807, 2.05) is 18.2 Å². The molecule has 6 heteroatoms. The Bertz CT molecular complexity index is 951. The molecule has 24 heavy (non-hydrogen) atoms. The standard InChI is InChI=1S/C18H17BrClN3O/c1-10-7-12(19)3-4-13(10)14-8-11(9-24)17-16(15(14)20)22-18-21-5-2-6-23(17)18/h3-4,7-8,24H,2,5-6,9H2,1H3,(H,21,22). The molecule has 3 aromatic rings. The topological polar surface area (TPSA) is 50.1 Å².